The fraction of sp³-hybridized carbons (Fsp3) is 0.381. The highest BCUT2D eigenvalue weighted by Crippen LogP contribution is 2.19. The van der Waals surface area contributed by atoms with Gasteiger partial charge in [0, 0.05) is 19.2 Å². The van der Waals surface area contributed by atoms with Gasteiger partial charge >= 0.3 is 6.09 Å². The molecule has 1 saturated heterocycles. The summed E-state index contributed by atoms with van der Waals surface area (Å²) >= 11 is 5.50. The van der Waals surface area contributed by atoms with Crippen LogP contribution in [0.3, 0.4) is 0 Å². The molecule has 1 aliphatic heterocycles. The summed E-state index contributed by atoms with van der Waals surface area (Å²) in [5.41, 5.74) is 2.21. The van der Waals surface area contributed by atoms with Crippen LogP contribution in [-0.4, -0.2) is 46.2 Å². The van der Waals surface area contributed by atoms with E-state index in [2.05, 4.69) is 4.98 Å². The number of cyclic esters (lactones) is 1. The molecule has 0 aliphatic carbocycles. The Kier molecular flexibility index (Phi) is 8.91. The maximum absolute atomic E-state index is 12.1. The van der Waals surface area contributed by atoms with E-state index >= 15 is 0 Å². The number of rotatable bonds is 6. The van der Waals surface area contributed by atoms with Crippen molar-refractivity contribution in [2.75, 3.05) is 13.2 Å². The molecule has 0 spiro atoms. The number of aliphatic hydroxyl groups is 1. The van der Waals surface area contributed by atoms with Crippen LogP contribution < -0.4 is 0 Å². The molecule has 2 aromatic rings. The zero-order valence-electron chi connectivity index (χ0n) is 15.9. The van der Waals surface area contributed by atoms with E-state index in [1.165, 1.54) is 4.90 Å². The molecule has 2 heterocycles. The van der Waals surface area contributed by atoms with E-state index in [1.54, 1.807) is 12.3 Å². The van der Waals surface area contributed by atoms with Crippen molar-refractivity contribution in [2.24, 2.45) is 0 Å². The highest BCUT2D eigenvalue weighted by atomic mass is 35.5. The lowest BCUT2D eigenvalue weighted by Gasteiger charge is -2.19. The van der Waals surface area contributed by atoms with Crippen molar-refractivity contribution in [3.05, 3.63) is 64.9 Å². The molecular weight excluding hydrogens is 380 g/mol. The first-order valence-corrected chi connectivity index (χ1v) is 9.61. The third-order valence-corrected chi connectivity index (χ3v) is 4.44. The zero-order valence-corrected chi connectivity index (χ0v) is 16.6. The summed E-state index contributed by atoms with van der Waals surface area (Å²) < 4.78 is 4.99. The predicted molar refractivity (Wildman–Crippen MR) is 107 cm³/mol. The molecule has 1 fully saturated rings. The Morgan fingerprint density at radius 2 is 2.00 bits per heavy atom. The van der Waals surface area contributed by atoms with Crippen molar-refractivity contribution < 1.29 is 19.4 Å². The largest absolute Gasteiger partial charge is 0.447 e. The number of unbranched alkanes of at least 4 members (excludes halogenated alkanes) is 1. The smallest absolute Gasteiger partial charge is 0.416 e. The van der Waals surface area contributed by atoms with Crippen LogP contribution in [0.25, 0.3) is 0 Å². The second kappa shape index (κ2) is 11.4. The number of carbonyl (C=O) groups is 2. The Hall–Kier alpha value is -2.44. The number of hydrogen-bond acceptors (Lipinski definition) is 5. The van der Waals surface area contributed by atoms with Crippen molar-refractivity contribution in [3.63, 3.8) is 0 Å². The standard InChI is InChI=1S/C15H19NO4.C6H6ClN/c17-9-5-4-8-14(18)16-13(11-20-15(16)19)10-12-6-2-1-3-7-12;1-5-2-3-6(7)8-4-5/h1-3,6-7,13,17H,4-5,8-11H2;2-4H,1H3. The molecule has 1 N–H and O–H groups in total. The van der Waals surface area contributed by atoms with E-state index in [4.69, 9.17) is 21.4 Å². The molecule has 150 valence electrons. The van der Waals surface area contributed by atoms with E-state index < -0.39 is 6.09 Å². The molecule has 7 heteroatoms. The number of aromatic nitrogens is 1. The quantitative estimate of drug-likeness (QED) is 0.585. The molecule has 0 saturated carbocycles. The van der Waals surface area contributed by atoms with Crippen LogP contribution in [0.1, 0.15) is 30.4 Å². The third-order valence-electron chi connectivity index (χ3n) is 4.22. The Balaban J connectivity index is 0.000000292. The lowest BCUT2D eigenvalue weighted by molar-refractivity contribution is -0.129. The van der Waals surface area contributed by atoms with Crippen LogP contribution >= 0.6 is 11.6 Å². The molecule has 0 radical (unpaired) electrons. The molecule has 2 amide bonds. The van der Waals surface area contributed by atoms with Gasteiger partial charge in [-0.1, -0.05) is 48.0 Å². The van der Waals surface area contributed by atoms with E-state index in [0.29, 0.717) is 24.4 Å². The number of nitrogens with zero attached hydrogens (tertiary/aromatic N) is 2. The summed E-state index contributed by atoms with van der Waals surface area (Å²) in [4.78, 5) is 28.8. The molecule has 1 aliphatic rings. The van der Waals surface area contributed by atoms with Crippen molar-refractivity contribution in [2.45, 2.75) is 38.6 Å². The number of aliphatic hydroxyl groups excluding tert-OH is 1. The summed E-state index contributed by atoms with van der Waals surface area (Å²) in [6.07, 6.45) is 3.21. The SMILES string of the molecule is Cc1ccc(Cl)nc1.O=C(CCCCO)N1C(=O)OCC1Cc1ccccc1. The Labute approximate surface area is 170 Å². The highest BCUT2D eigenvalue weighted by molar-refractivity contribution is 6.29. The number of aryl methyl sites for hydroxylation is 1. The highest BCUT2D eigenvalue weighted by Gasteiger charge is 2.37. The van der Waals surface area contributed by atoms with Gasteiger partial charge in [-0.25, -0.2) is 14.7 Å². The van der Waals surface area contributed by atoms with Crippen molar-refractivity contribution in [3.8, 4) is 0 Å². The van der Waals surface area contributed by atoms with Crippen LogP contribution in [0.2, 0.25) is 5.15 Å². The third kappa shape index (κ3) is 6.94. The second-order valence-electron chi connectivity index (χ2n) is 6.52. The van der Waals surface area contributed by atoms with E-state index in [9.17, 15) is 9.59 Å². The number of hydrogen-bond donors (Lipinski definition) is 1. The lowest BCUT2D eigenvalue weighted by Crippen LogP contribution is -2.40. The molecule has 28 heavy (non-hydrogen) atoms. The molecule has 1 atom stereocenters. The van der Waals surface area contributed by atoms with Gasteiger partial charge in [0.05, 0.1) is 6.04 Å². The second-order valence-corrected chi connectivity index (χ2v) is 6.91. The Morgan fingerprint density at radius 1 is 1.25 bits per heavy atom. The summed E-state index contributed by atoms with van der Waals surface area (Å²) in [7, 11) is 0. The predicted octanol–water partition coefficient (Wildman–Crippen LogP) is 3.78. The van der Waals surface area contributed by atoms with Gasteiger partial charge in [-0.05, 0) is 43.4 Å². The normalized spacial score (nSPS) is 15.6. The number of imide groups is 1. The number of halogens is 1. The van der Waals surface area contributed by atoms with Crippen molar-refractivity contribution in [1.82, 2.24) is 9.88 Å². The molecule has 1 unspecified atom stereocenters. The maximum Gasteiger partial charge on any atom is 0.416 e. The fourth-order valence-electron chi connectivity index (χ4n) is 2.76. The van der Waals surface area contributed by atoms with E-state index in [1.807, 2.05) is 43.3 Å². The molecule has 6 nitrogen and oxygen atoms in total. The van der Waals surface area contributed by atoms with E-state index in [-0.39, 0.29) is 31.6 Å². The zero-order chi connectivity index (χ0) is 20.4. The van der Waals surface area contributed by atoms with Gasteiger partial charge in [-0.15, -0.1) is 0 Å². The lowest BCUT2D eigenvalue weighted by atomic mass is 10.1. The minimum atomic E-state index is -0.556. The van der Waals surface area contributed by atoms with Gasteiger partial charge in [0.25, 0.3) is 0 Å². The van der Waals surface area contributed by atoms with E-state index in [0.717, 1.165) is 11.1 Å². The van der Waals surface area contributed by atoms with Crippen LogP contribution in [0.5, 0.6) is 0 Å². The number of pyridine rings is 1. The van der Waals surface area contributed by atoms with Gasteiger partial charge in [-0.2, -0.15) is 0 Å². The Morgan fingerprint density at radius 3 is 2.61 bits per heavy atom. The van der Waals surface area contributed by atoms with Crippen LogP contribution in [0.4, 0.5) is 4.79 Å². The minimum absolute atomic E-state index is 0.0607. The number of carbonyl (C=O) groups excluding carboxylic acids is 2. The van der Waals surface area contributed by atoms with Gasteiger partial charge in [-0.3, -0.25) is 4.79 Å². The average Bonchev–Trinajstić information content (AvgIpc) is 3.06. The maximum atomic E-state index is 12.1. The van der Waals surface area contributed by atoms with Crippen molar-refractivity contribution >= 4 is 23.6 Å². The summed E-state index contributed by atoms with van der Waals surface area (Å²) in [6.45, 7) is 2.29. The van der Waals surface area contributed by atoms with Gasteiger partial charge in [0.1, 0.15) is 11.8 Å². The summed E-state index contributed by atoms with van der Waals surface area (Å²) in [5, 5.41) is 9.28. The van der Waals surface area contributed by atoms with Crippen LogP contribution in [0.15, 0.2) is 48.7 Å². The first-order valence-electron chi connectivity index (χ1n) is 9.23. The average molecular weight is 405 g/mol. The minimum Gasteiger partial charge on any atom is -0.447 e. The molecular formula is C21H25ClN2O4. The van der Waals surface area contributed by atoms with Gasteiger partial charge < -0.3 is 9.84 Å². The molecule has 1 aromatic carbocycles. The summed E-state index contributed by atoms with van der Waals surface area (Å²) in [5.74, 6) is -0.220. The topological polar surface area (TPSA) is 79.7 Å². The number of benzene rings is 1. The summed E-state index contributed by atoms with van der Waals surface area (Å²) in [6, 6.07) is 13.2. The monoisotopic (exact) mass is 404 g/mol. The first-order chi connectivity index (χ1) is 13.5. The van der Waals surface area contributed by atoms with Crippen LogP contribution in [-0.2, 0) is 16.0 Å². The first kappa shape index (κ1) is 21.9. The molecule has 3 rings (SSSR count). The molecule has 1 aromatic heterocycles. The molecule has 0 bridgehead atoms. The van der Waals surface area contributed by atoms with Gasteiger partial charge in [0.15, 0.2) is 0 Å². The number of ether oxygens (including phenoxy) is 1. The van der Waals surface area contributed by atoms with Crippen molar-refractivity contribution in [1.29, 1.82) is 0 Å². The van der Waals surface area contributed by atoms with Gasteiger partial charge in [0.2, 0.25) is 5.91 Å². The Bertz CT molecular complexity index is 732. The fourth-order valence-corrected chi connectivity index (χ4v) is 2.87. The number of amides is 2. The van der Waals surface area contributed by atoms with Crippen LogP contribution in [0, 0.1) is 6.92 Å².